The van der Waals surface area contributed by atoms with Crippen LogP contribution in [0.1, 0.15) is 19.8 Å². The minimum absolute atomic E-state index is 0.945. The van der Waals surface area contributed by atoms with Crippen LogP contribution in [0.15, 0.2) is 35.3 Å². The molecule has 2 rings (SSSR count). The third-order valence-electron chi connectivity index (χ3n) is 3.30. The van der Waals surface area contributed by atoms with E-state index in [1.807, 2.05) is 0 Å². The molecular formula is C15H24N4. The molecule has 0 atom stereocenters. The van der Waals surface area contributed by atoms with E-state index in [1.165, 1.54) is 5.69 Å². The molecule has 0 fully saturated rings. The number of nitrogens with one attached hydrogen (secondary N) is 2. The van der Waals surface area contributed by atoms with Crippen molar-refractivity contribution in [2.24, 2.45) is 4.99 Å². The smallest absolute Gasteiger partial charge is 0.191 e. The first-order valence-electron chi connectivity index (χ1n) is 7.22. The van der Waals surface area contributed by atoms with Gasteiger partial charge in [0.15, 0.2) is 5.96 Å². The molecule has 1 aromatic carbocycles. The summed E-state index contributed by atoms with van der Waals surface area (Å²) in [6, 6.07) is 10.6. The number of para-hydroxylation sites is 1. The number of benzene rings is 1. The van der Waals surface area contributed by atoms with Crippen LogP contribution in [0.5, 0.6) is 0 Å². The van der Waals surface area contributed by atoms with Crippen LogP contribution < -0.4 is 15.5 Å². The van der Waals surface area contributed by atoms with Gasteiger partial charge in [-0.3, -0.25) is 4.99 Å². The molecule has 0 amide bonds. The molecule has 1 aromatic rings. The van der Waals surface area contributed by atoms with Crippen molar-refractivity contribution >= 4 is 11.6 Å². The minimum atomic E-state index is 0.945. The van der Waals surface area contributed by atoms with Crippen molar-refractivity contribution in [1.29, 1.82) is 0 Å². The summed E-state index contributed by atoms with van der Waals surface area (Å²) in [6.07, 6.45) is 2.26. The van der Waals surface area contributed by atoms with Gasteiger partial charge >= 0.3 is 0 Å². The first-order chi connectivity index (χ1) is 9.40. The van der Waals surface area contributed by atoms with Gasteiger partial charge in [0.05, 0.1) is 0 Å². The van der Waals surface area contributed by atoms with Crippen LogP contribution >= 0.6 is 0 Å². The van der Waals surface area contributed by atoms with Crippen molar-refractivity contribution < 1.29 is 0 Å². The second kappa shape index (κ2) is 7.67. The molecule has 0 saturated carbocycles. The number of anilines is 1. The summed E-state index contributed by atoms with van der Waals surface area (Å²) in [7, 11) is 0. The molecule has 2 N–H and O–H groups in total. The monoisotopic (exact) mass is 260 g/mol. The lowest BCUT2D eigenvalue weighted by Gasteiger charge is -2.23. The summed E-state index contributed by atoms with van der Waals surface area (Å²) in [5.41, 5.74) is 1.30. The number of guanidine groups is 1. The minimum Gasteiger partial charge on any atom is -0.372 e. The molecule has 104 valence electrons. The third-order valence-corrected chi connectivity index (χ3v) is 3.30. The van der Waals surface area contributed by atoms with Crippen LogP contribution in [0.2, 0.25) is 0 Å². The van der Waals surface area contributed by atoms with E-state index < -0.39 is 0 Å². The Morgan fingerprint density at radius 3 is 2.84 bits per heavy atom. The maximum Gasteiger partial charge on any atom is 0.191 e. The largest absolute Gasteiger partial charge is 0.372 e. The molecule has 4 heteroatoms. The molecule has 0 unspecified atom stereocenters. The molecule has 0 saturated heterocycles. The van der Waals surface area contributed by atoms with Gasteiger partial charge in [-0.05, 0) is 31.9 Å². The van der Waals surface area contributed by atoms with Gasteiger partial charge < -0.3 is 15.5 Å². The van der Waals surface area contributed by atoms with E-state index in [1.54, 1.807) is 0 Å². The van der Waals surface area contributed by atoms with Gasteiger partial charge in [-0.2, -0.15) is 0 Å². The Kier molecular flexibility index (Phi) is 5.53. The third kappa shape index (κ3) is 4.47. The fourth-order valence-corrected chi connectivity index (χ4v) is 2.24. The highest BCUT2D eigenvalue weighted by molar-refractivity contribution is 5.80. The van der Waals surface area contributed by atoms with E-state index in [-0.39, 0.29) is 0 Å². The van der Waals surface area contributed by atoms with Crippen molar-refractivity contribution in [2.75, 3.05) is 37.6 Å². The quantitative estimate of drug-likeness (QED) is 0.767. The van der Waals surface area contributed by atoms with Crippen LogP contribution in [-0.4, -0.2) is 38.7 Å². The first-order valence-corrected chi connectivity index (χ1v) is 7.22. The molecule has 0 bridgehead atoms. The number of hydrogen-bond acceptors (Lipinski definition) is 4. The summed E-state index contributed by atoms with van der Waals surface area (Å²) in [5.74, 6) is 0.967. The van der Waals surface area contributed by atoms with Crippen LogP contribution in [0, 0.1) is 0 Å². The second-order valence-corrected chi connectivity index (χ2v) is 4.71. The molecule has 0 radical (unpaired) electrons. The predicted octanol–water partition coefficient (Wildman–Crippen LogP) is 1.84. The maximum absolute atomic E-state index is 4.41. The van der Waals surface area contributed by atoms with Crippen LogP contribution in [-0.2, 0) is 0 Å². The predicted molar refractivity (Wildman–Crippen MR) is 81.9 cm³/mol. The Bertz CT molecular complexity index is 388. The SMILES string of the molecule is CCN(CCCNC1=NCCCN1)c1ccccc1. The average Bonchev–Trinajstić information content (AvgIpc) is 2.49. The number of rotatable bonds is 6. The maximum atomic E-state index is 4.41. The van der Waals surface area contributed by atoms with E-state index in [0.717, 1.165) is 51.5 Å². The van der Waals surface area contributed by atoms with Gasteiger partial charge in [0.2, 0.25) is 0 Å². The van der Waals surface area contributed by atoms with E-state index >= 15 is 0 Å². The number of nitrogens with zero attached hydrogens (tertiary/aromatic N) is 2. The molecule has 0 aliphatic carbocycles. The Hall–Kier alpha value is -1.71. The zero-order valence-corrected chi connectivity index (χ0v) is 11.7. The summed E-state index contributed by atoms with van der Waals surface area (Å²) in [5, 5.41) is 6.64. The molecule has 1 aliphatic heterocycles. The molecule has 1 aliphatic rings. The Labute approximate surface area is 115 Å². The normalized spacial score (nSPS) is 14.5. The zero-order valence-electron chi connectivity index (χ0n) is 11.7. The summed E-state index contributed by atoms with van der Waals surface area (Å²) in [4.78, 5) is 6.81. The summed E-state index contributed by atoms with van der Waals surface area (Å²) in [6.45, 7) is 7.27. The Morgan fingerprint density at radius 1 is 1.32 bits per heavy atom. The van der Waals surface area contributed by atoms with Crippen LogP contribution in [0.4, 0.5) is 5.69 Å². The van der Waals surface area contributed by atoms with E-state index in [4.69, 9.17) is 0 Å². The standard InChI is InChI=1S/C15H24N4/c1-2-19(14-8-4-3-5-9-14)13-7-12-18-15-16-10-6-11-17-15/h3-5,8-9H,2,6-7,10-13H2,1H3,(H2,16,17,18). The lowest BCUT2D eigenvalue weighted by Crippen LogP contribution is -2.41. The highest BCUT2D eigenvalue weighted by atomic mass is 15.2. The molecule has 1 heterocycles. The van der Waals surface area contributed by atoms with E-state index in [2.05, 4.69) is 57.8 Å². The van der Waals surface area contributed by atoms with Crippen molar-refractivity contribution in [3.05, 3.63) is 30.3 Å². The van der Waals surface area contributed by atoms with Crippen molar-refractivity contribution in [3.8, 4) is 0 Å². The molecule has 4 nitrogen and oxygen atoms in total. The van der Waals surface area contributed by atoms with E-state index in [9.17, 15) is 0 Å². The Balaban J connectivity index is 1.70. The Morgan fingerprint density at radius 2 is 2.16 bits per heavy atom. The molecular weight excluding hydrogens is 236 g/mol. The fraction of sp³-hybridized carbons (Fsp3) is 0.533. The van der Waals surface area contributed by atoms with Crippen LogP contribution in [0.3, 0.4) is 0 Å². The summed E-state index contributed by atoms with van der Waals surface area (Å²) < 4.78 is 0. The average molecular weight is 260 g/mol. The zero-order chi connectivity index (χ0) is 13.3. The van der Waals surface area contributed by atoms with Crippen molar-refractivity contribution in [2.45, 2.75) is 19.8 Å². The molecule has 19 heavy (non-hydrogen) atoms. The fourth-order valence-electron chi connectivity index (χ4n) is 2.24. The first kappa shape index (κ1) is 13.7. The van der Waals surface area contributed by atoms with E-state index in [0.29, 0.717) is 0 Å². The molecule has 0 aromatic heterocycles. The van der Waals surface area contributed by atoms with Gasteiger partial charge in [-0.1, -0.05) is 18.2 Å². The van der Waals surface area contributed by atoms with Gasteiger partial charge in [-0.15, -0.1) is 0 Å². The topological polar surface area (TPSA) is 39.7 Å². The van der Waals surface area contributed by atoms with Crippen molar-refractivity contribution in [3.63, 3.8) is 0 Å². The van der Waals surface area contributed by atoms with Crippen LogP contribution in [0.25, 0.3) is 0 Å². The second-order valence-electron chi connectivity index (χ2n) is 4.71. The highest BCUT2D eigenvalue weighted by Gasteiger charge is 2.04. The van der Waals surface area contributed by atoms with Gasteiger partial charge in [0.1, 0.15) is 0 Å². The highest BCUT2D eigenvalue weighted by Crippen LogP contribution is 2.12. The summed E-state index contributed by atoms with van der Waals surface area (Å²) >= 11 is 0. The van der Waals surface area contributed by atoms with Gasteiger partial charge in [-0.25, -0.2) is 0 Å². The van der Waals surface area contributed by atoms with Gasteiger partial charge in [0, 0.05) is 38.4 Å². The lowest BCUT2D eigenvalue weighted by atomic mass is 10.2. The lowest BCUT2D eigenvalue weighted by molar-refractivity contribution is 0.675. The number of aliphatic imine (C=N–C) groups is 1. The van der Waals surface area contributed by atoms with Gasteiger partial charge in [0.25, 0.3) is 0 Å². The molecule has 0 spiro atoms. The number of hydrogen-bond donors (Lipinski definition) is 2. The van der Waals surface area contributed by atoms with Crippen molar-refractivity contribution in [1.82, 2.24) is 10.6 Å².